The number of carboxylic acids is 1. The Morgan fingerprint density at radius 1 is 1.59 bits per heavy atom. The van der Waals surface area contributed by atoms with E-state index in [1.54, 1.807) is 6.07 Å². The van der Waals surface area contributed by atoms with E-state index >= 15 is 0 Å². The van der Waals surface area contributed by atoms with Crippen LogP contribution in [0.4, 0.5) is 11.4 Å². The summed E-state index contributed by atoms with van der Waals surface area (Å²) in [6, 6.07) is 5.12. The van der Waals surface area contributed by atoms with E-state index in [4.69, 9.17) is 5.73 Å². The molecule has 1 unspecified atom stereocenters. The number of rotatable bonds is 3. The van der Waals surface area contributed by atoms with Crippen LogP contribution >= 0.6 is 0 Å². The summed E-state index contributed by atoms with van der Waals surface area (Å²) in [7, 11) is 0. The summed E-state index contributed by atoms with van der Waals surface area (Å²) in [5.74, 6) is -0.235. The Balaban J connectivity index is 2.29. The van der Waals surface area contributed by atoms with Crippen molar-refractivity contribution in [1.82, 2.24) is 0 Å². The number of benzene rings is 1. The van der Waals surface area contributed by atoms with Gasteiger partial charge in [-0.2, -0.15) is 0 Å². The molecule has 1 saturated heterocycles. The van der Waals surface area contributed by atoms with E-state index in [9.17, 15) is 9.90 Å². The van der Waals surface area contributed by atoms with Crippen molar-refractivity contribution in [1.29, 1.82) is 0 Å². The van der Waals surface area contributed by atoms with Crippen LogP contribution in [0.3, 0.4) is 0 Å². The van der Waals surface area contributed by atoms with Crippen molar-refractivity contribution in [3.63, 3.8) is 0 Å². The predicted octanol–water partition coefficient (Wildman–Crippen LogP) is 2.20. The molecule has 0 aromatic heterocycles. The fraction of sp³-hybridized carbons (Fsp3) is 0.462. The van der Waals surface area contributed by atoms with Gasteiger partial charge >= 0.3 is 5.97 Å². The first-order valence-electron chi connectivity index (χ1n) is 5.99. The Kier molecular flexibility index (Phi) is 3.22. The molecule has 92 valence electrons. The van der Waals surface area contributed by atoms with Crippen LogP contribution in [0, 0.1) is 5.92 Å². The zero-order valence-electron chi connectivity index (χ0n) is 10.0. The summed E-state index contributed by atoms with van der Waals surface area (Å²) in [4.78, 5) is 13.3. The third kappa shape index (κ3) is 2.35. The van der Waals surface area contributed by atoms with Crippen LogP contribution < -0.4 is 10.6 Å². The number of hydrogen-bond donors (Lipinski definition) is 2. The Morgan fingerprint density at radius 2 is 2.35 bits per heavy atom. The van der Waals surface area contributed by atoms with Gasteiger partial charge in [0.2, 0.25) is 0 Å². The summed E-state index contributed by atoms with van der Waals surface area (Å²) in [6.07, 6.45) is 2.29. The first kappa shape index (κ1) is 11.8. The van der Waals surface area contributed by atoms with Gasteiger partial charge < -0.3 is 15.7 Å². The molecule has 4 heteroatoms. The largest absolute Gasteiger partial charge is 0.478 e. The first-order chi connectivity index (χ1) is 8.11. The third-order valence-corrected chi connectivity index (χ3v) is 3.45. The highest BCUT2D eigenvalue weighted by Crippen LogP contribution is 2.29. The number of carboxylic acid groups (broad SMARTS) is 1. The molecule has 1 heterocycles. The lowest BCUT2D eigenvalue weighted by Gasteiger charge is -2.20. The SMILES string of the molecule is CCC1CCN(c2ccc(N)cc2C(=O)O)C1. The summed E-state index contributed by atoms with van der Waals surface area (Å²) < 4.78 is 0. The lowest BCUT2D eigenvalue weighted by molar-refractivity contribution is 0.0697. The van der Waals surface area contributed by atoms with Crippen molar-refractivity contribution in [2.75, 3.05) is 23.7 Å². The normalized spacial score (nSPS) is 19.6. The second-order valence-electron chi connectivity index (χ2n) is 4.59. The summed E-state index contributed by atoms with van der Waals surface area (Å²) in [5, 5.41) is 9.19. The van der Waals surface area contributed by atoms with Crippen molar-refractivity contribution < 1.29 is 9.90 Å². The molecule has 4 nitrogen and oxygen atoms in total. The van der Waals surface area contributed by atoms with E-state index in [0.29, 0.717) is 17.2 Å². The number of aromatic carboxylic acids is 1. The molecule has 17 heavy (non-hydrogen) atoms. The van der Waals surface area contributed by atoms with Crippen molar-refractivity contribution in [3.8, 4) is 0 Å². The zero-order valence-corrected chi connectivity index (χ0v) is 10.0. The predicted molar refractivity (Wildman–Crippen MR) is 68.4 cm³/mol. The molecular formula is C13H18N2O2. The molecule has 1 aliphatic heterocycles. The molecule has 1 aromatic rings. The molecule has 1 atom stereocenters. The highest BCUT2D eigenvalue weighted by atomic mass is 16.4. The summed E-state index contributed by atoms with van der Waals surface area (Å²) in [6.45, 7) is 4.05. The smallest absolute Gasteiger partial charge is 0.337 e. The van der Waals surface area contributed by atoms with Gasteiger partial charge in [0, 0.05) is 18.8 Å². The van der Waals surface area contributed by atoms with Crippen LogP contribution in [0.5, 0.6) is 0 Å². The maximum Gasteiger partial charge on any atom is 0.337 e. The molecule has 0 aliphatic carbocycles. The summed E-state index contributed by atoms with van der Waals surface area (Å²) in [5.41, 5.74) is 7.23. The zero-order chi connectivity index (χ0) is 12.4. The molecule has 3 N–H and O–H groups in total. The lowest BCUT2D eigenvalue weighted by Crippen LogP contribution is -2.22. The monoisotopic (exact) mass is 234 g/mol. The molecule has 1 aromatic carbocycles. The molecule has 0 spiro atoms. The average Bonchev–Trinajstić information content (AvgIpc) is 2.77. The minimum Gasteiger partial charge on any atom is -0.478 e. The molecule has 0 saturated carbocycles. The first-order valence-corrected chi connectivity index (χ1v) is 5.99. The van der Waals surface area contributed by atoms with Crippen LogP contribution in [0.15, 0.2) is 18.2 Å². The number of nitrogens with two attached hydrogens (primary N) is 1. The Hall–Kier alpha value is -1.71. The van der Waals surface area contributed by atoms with Crippen molar-refractivity contribution in [2.45, 2.75) is 19.8 Å². The molecule has 0 radical (unpaired) electrons. The van der Waals surface area contributed by atoms with Gasteiger partial charge in [0.25, 0.3) is 0 Å². The fourth-order valence-electron chi connectivity index (χ4n) is 2.39. The molecular weight excluding hydrogens is 216 g/mol. The Bertz CT molecular complexity index is 431. The van der Waals surface area contributed by atoms with Crippen molar-refractivity contribution in [2.24, 2.45) is 5.92 Å². The second kappa shape index (κ2) is 4.65. The summed E-state index contributed by atoms with van der Waals surface area (Å²) >= 11 is 0. The molecule has 1 aliphatic rings. The Morgan fingerprint density at radius 3 is 2.94 bits per heavy atom. The van der Waals surface area contributed by atoms with Gasteiger partial charge in [-0.25, -0.2) is 4.79 Å². The Labute approximate surface area is 101 Å². The maximum atomic E-state index is 11.2. The molecule has 2 rings (SSSR count). The van der Waals surface area contributed by atoms with E-state index in [2.05, 4.69) is 11.8 Å². The number of carbonyl (C=O) groups is 1. The molecule has 0 amide bonds. The highest BCUT2D eigenvalue weighted by Gasteiger charge is 2.24. The highest BCUT2D eigenvalue weighted by molar-refractivity contribution is 5.95. The molecule has 1 fully saturated rings. The van der Waals surface area contributed by atoms with Crippen LogP contribution in [-0.2, 0) is 0 Å². The van der Waals surface area contributed by atoms with Gasteiger partial charge in [-0.3, -0.25) is 0 Å². The van der Waals surface area contributed by atoms with Crippen LogP contribution in [0.1, 0.15) is 30.1 Å². The van der Waals surface area contributed by atoms with Crippen molar-refractivity contribution in [3.05, 3.63) is 23.8 Å². The van der Waals surface area contributed by atoms with Crippen LogP contribution in [0.25, 0.3) is 0 Å². The standard InChI is InChI=1S/C13H18N2O2/c1-2-9-5-6-15(8-9)12-4-3-10(14)7-11(12)13(16)17/h3-4,7,9H,2,5-6,8,14H2,1H3,(H,16,17). The maximum absolute atomic E-state index is 11.2. The fourth-order valence-corrected chi connectivity index (χ4v) is 2.39. The van der Waals surface area contributed by atoms with Gasteiger partial charge in [-0.15, -0.1) is 0 Å². The average molecular weight is 234 g/mol. The number of nitrogens with zero attached hydrogens (tertiary/aromatic N) is 1. The van der Waals surface area contributed by atoms with Crippen LogP contribution in [-0.4, -0.2) is 24.2 Å². The number of hydrogen-bond acceptors (Lipinski definition) is 3. The minimum atomic E-state index is -0.910. The van der Waals surface area contributed by atoms with E-state index in [1.165, 1.54) is 6.07 Å². The quantitative estimate of drug-likeness (QED) is 0.787. The minimum absolute atomic E-state index is 0.307. The molecule has 0 bridgehead atoms. The van der Waals surface area contributed by atoms with Crippen LogP contribution in [0.2, 0.25) is 0 Å². The third-order valence-electron chi connectivity index (χ3n) is 3.45. The van der Waals surface area contributed by atoms with E-state index in [1.807, 2.05) is 6.07 Å². The topological polar surface area (TPSA) is 66.6 Å². The van der Waals surface area contributed by atoms with Gasteiger partial charge in [-0.1, -0.05) is 13.3 Å². The van der Waals surface area contributed by atoms with E-state index in [0.717, 1.165) is 31.6 Å². The number of anilines is 2. The van der Waals surface area contributed by atoms with Gasteiger partial charge in [-0.05, 0) is 30.5 Å². The van der Waals surface area contributed by atoms with Gasteiger partial charge in [0.1, 0.15) is 0 Å². The van der Waals surface area contributed by atoms with E-state index in [-0.39, 0.29) is 0 Å². The lowest BCUT2D eigenvalue weighted by atomic mass is 10.1. The number of nitrogen functional groups attached to an aromatic ring is 1. The second-order valence-corrected chi connectivity index (χ2v) is 4.59. The van der Waals surface area contributed by atoms with Crippen molar-refractivity contribution >= 4 is 17.3 Å². The van der Waals surface area contributed by atoms with Gasteiger partial charge in [0.05, 0.1) is 11.3 Å². The van der Waals surface area contributed by atoms with E-state index < -0.39 is 5.97 Å². The van der Waals surface area contributed by atoms with Gasteiger partial charge in [0.15, 0.2) is 0 Å².